The van der Waals surface area contributed by atoms with E-state index in [0.29, 0.717) is 24.4 Å². The lowest BCUT2D eigenvalue weighted by Crippen LogP contribution is -2.52. The molecule has 2 saturated heterocycles. The molecule has 0 radical (unpaired) electrons. The molecular formula is C21H25N3O3. The van der Waals surface area contributed by atoms with Crippen LogP contribution in [0.15, 0.2) is 41.1 Å². The summed E-state index contributed by atoms with van der Waals surface area (Å²) in [6.45, 7) is 6.00. The van der Waals surface area contributed by atoms with Crippen molar-refractivity contribution in [1.29, 1.82) is 0 Å². The van der Waals surface area contributed by atoms with Crippen LogP contribution in [-0.4, -0.2) is 52.4 Å². The Bertz CT molecular complexity index is 845. The Morgan fingerprint density at radius 2 is 1.96 bits per heavy atom. The number of nitrogens with zero attached hydrogens (tertiary/aromatic N) is 3. The molecule has 2 fully saturated rings. The number of hydrogen-bond donors (Lipinski definition) is 0. The third-order valence-electron chi connectivity index (χ3n) is 5.87. The number of carbonyl (C=O) groups is 2. The highest BCUT2D eigenvalue weighted by atomic mass is 16.5. The average Bonchev–Trinajstić information content (AvgIpc) is 3.32. The lowest BCUT2D eigenvalue weighted by Gasteiger charge is -2.41. The fraction of sp³-hybridized carbons (Fsp3) is 0.476. The Hall–Kier alpha value is -2.63. The van der Waals surface area contributed by atoms with E-state index in [4.69, 9.17) is 4.52 Å². The number of amides is 2. The van der Waals surface area contributed by atoms with Gasteiger partial charge in [0.1, 0.15) is 5.56 Å². The van der Waals surface area contributed by atoms with Gasteiger partial charge in [-0.3, -0.25) is 9.59 Å². The zero-order chi connectivity index (χ0) is 19.0. The summed E-state index contributed by atoms with van der Waals surface area (Å²) in [5, 5.41) is 3.85. The van der Waals surface area contributed by atoms with E-state index in [1.165, 1.54) is 6.20 Å². The van der Waals surface area contributed by atoms with Gasteiger partial charge in [-0.15, -0.1) is 0 Å². The highest BCUT2D eigenvalue weighted by molar-refractivity contribution is 6.00. The van der Waals surface area contributed by atoms with Gasteiger partial charge in [0, 0.05) is 31.2 Å². The van der Waals surface area contributed by atoms with Gasteiger partial charge in [0.2, 0.25) is 5.91 Å². The van der Waals surface area contributed by atoms with E-state index in [0.717, 1.165) is 31.4 Å². The fourth-order valence-electron chi connectivity index (χ4n) is 4.38. The van der Waals surface area contributed by atoms with Crippen molar-refractivity contribution >= 4 is 11.8 Å². The summed E-state index contributed by atoms with van der Waals surface area (Å²) in [4.78, 5) is 30.0. The van der Waals surface area contributed by atoms with Crippen LogP contribution in [0.25, 0.3) is 11.3 Å². The molecule has 6 nitrogen and oxygen atoms in total. The molecule has 2 amide bonds. The van der Waals surface area contributed by atoms with Gasteiger partial charge in [-0.1, -0.05) is 35.5 Å². The largest absolute Gasteiger partial charge is 0.355 e. The summed E-state index contributed by atoms with van der Waals surface area (Å²) in [6, 6.07) is 9.71. The van der Waals surface area contributed by atoms with Crippen LogP contribution in [0.1, 0.15) is 43.5 Å². The van der Waals surface area contributed by atoms with Crippen molar-refractivity contribution in [1.82, 2.24) is 15.0 Å². The summed E-state index contributed by atoms with van der Waals surface area (Å²) in [7, 11) is 0. The zero-order valence-corrected chi connectivity index (χ0v) is 15.9. The van der Waals surface area contributed by atoms with Crippen LogP contribution < -0.4 is 0 Å². The lowest BCUT2D eigenvalue weighted by atomic mass is 9.78. The van der Waals surface area contributed by atoms with Crippen molar-refractivity contribution in [3.8, 4) is 11.3 Å². The number of hydrogen-bond acceptors (Lipinski definition) is 4. The molecule has 0 saturated carbocycles. The molecule has 142 valence electrons. The summed E-state index contributed by atoms with van der Waals surface area (Å²) in [5.74, 6) is 0.578. The van der Waals surface area contributed by atoms with E-state index in [1.807, 2.05) is 35.2 Å². The first kappa shape index (κ1) is 17.8. The van der Waals surface area contributed by atoms with Gasteiger partial charge in [-0.05, 0) is 33.1 Å². The summed E-state index contributed by atoms with van der Waals surface area (Å²) in [6.07, 6.45) is 4.06. The van der Waals surface area contributed by atoms with Crippen LogP contribution in [0.5, 0.6) is 0 Å². The number of likely N-dealkylation sites (tertiary alicyclic amines) is 2. The van der Waals surface area contributed by atoms with Gasteiger partial charge in [0.05, 0.1) is 11.6 Å². The van der Waals surface area contributed by atoms with Crippen LogP contribution in [0.3, 0.4) is 0 Å². The number of rotatable bonds is 3. The smallest absolute Gasteiger partial charge is 0.259 e. The molecule has 0 N–H and O–H groups in total. The van der Waals surface area contributed by atoms with Crippen molar-refractivity contribution < 1.29 is 14.1 Å². The number of piperidine rings is 1. The maximum atomic E-state index is 13.2. The maximum absolute atomic E-state index is 13.2. The third-order valence-corrected chi connectivity index (χ3v) is 5.87. The Morgan fingerprint density at radius 3 is 2.70 bits per heavy atom. The fourth-order valence-corrected chi connectivity index (χ4v) is 4.38. The topological polar surface area (TPSA) is 66.7 Å². The van der Waals surface area contributed by atoms with Crippen LogP contribution >= 0.6 is 0 Å². The molecule has 2 aliphatic rings. The minimum absolute atomic E-state index is 0.110. The van der Waals surface area contributed by atoms with E-state index in [2.05, 4.69) is 19.0 Å². The zero-order valence-electron chi connectivity index (χ0n) is 15.9. The molecule has 1 atom stereocenters. The summed E-state index contributed by atoms with van der Waals surface area (Å²) >= 11 is 0. The second kappa shape index (κ2) is 6.83. The van der Waals surface area contributed by atoms with Gasteiger partial charge < -0.3 is 14.3 Å². The first-order chi connectivity index (χ1) is 13.0. The average molecular weight is 367 g/mol. The predicted molar refractivity (Wildman–Crippen MR) is 101 cm³/mol. The van der Waals surface area contributed by atoms with E-state index in [-0.39, 0.29) is 17.9 Å². The molecule has 1 aromatic carbocycles. The normalized spacial score (nSPS) is 22.9. The number of carbonyl (C=O) groups excluding carboxylic acids is 2. The SMILES string of the molecule is CC(C)N1CCC[C@]2(CCN(C(=O)c3cnoc3-c3ccccc3)C2)C1=O. The highest BCUT2D eigenvalue weighted by Crippen LogP contribution is 2.41. The first-order valence-electron chi connectivity index (χ1n) is 9.62. The minimum atomic E-state index is -0.428. The molecule has 3 heterocycles. The van der Waals surface area contributed by atoms with Crippen molar-refractivity contribution in [2.75, 3.05) is 19.6 Å². The molecule has 1 spiro atoms. The Kier molecular flexibility index (Phi) is 4.50. The predicted octanol–water partition coefficient (Wildman–Crippen LogP) is 3.20. The van der Waals surface area contributed by atoms with Gasteiger partial charge in [-0.2, -0.15) is 0 Å². The van der Waals surface area contributed by atoms with Gasteiger partial charge in [0.25, 0.3) is 5.91 Å². The molecular weight excluding hydrogens is 342 g/mol. The number of benzene rings is 1. The van der Waals surface area contributed by atoms with Crippen LogP contribution in [0.4, 0.5) is 0 Å². The molecule has 0 bridgehead atoms. The van der Waals surface area contributed by atoms with Crippen molar-refractivity contribution in [2.45, 2.75) is 39.2 Å². The number of aromatic nitrogens is 1. The summed E-state index contributed by atoms with van der Waals surface area (Å²) in [5.41, 5.74) is 0.858. The molecule has 0 unspecified atom stereocenters. The highest BCUT2D eigenvalue weighted by Gasteiger charge is 2.50. The van der Waals surface area contributed by atoms with E-state index >= 15 is 0 Å². The van der Waals surface area contributed by atoms with Crippen LogP contribution in [0, 0.1) is 5.41 Å². The molecule has 2 aliphatic heterocycles. The Balaban J connectivity index is 1.56. The van der Waals surface area contributed by atoms with E-state index < -0.39 is 5.41 Å². The van der Waals surface area contributed by atoms with Gasteiger partial charge in [0.15, 0.2) is 5.76 Å². The van der Waals surface area contributed by atoms with Crippen LogP contribution in [0.2, 0.25) is 0 Å². The third kappa shape index (κ3) is 3.03. The Labute approximate surface area is 159 Å². The quantitative estimate of drug-likeness (QED) is 0.835. The lowest BCUT2D eigenvalue weighted by molar-refractivity contribution is -0.147. The van der Waals surface area contributed by atoms with Crippen molar-refractivity contribution in [3.63, 3.8) is 0 Å². The van der Waals surface area contributed by atoms with Gasteiger partial charge in [-0.25, -0.2) is 0 Å². The minimum Gasteiger partial charge on any atom is -0.355 e. The first-order valence-corrected chi connectivity index (χ1v) is 9.62. The second-order valence-electron chi connectivity index (χ2n) is 7.89. The maximum Gasteiger partial charge on any atom is 0.259 e. The van der Waals surface area contributed by atoms with Crippen molar-refractivity contribution in [3.05, 3.63) is 42.1 Å². The standard InChI is InChI=1S/C21H25N3O3/c1-15(2)24-11-6-9-21(20(24)26)10-12-23(14-21)19(25)17-13-22-27-18(17)16-7-4-3-5-8-16/h3-5,7-8,13,15H,6,9-12,14H2,1-2H3/t21-/m1/s1. The molecule has 6 heteroatoms. The van der Waals surface area contributed by atoms with E-state index in [1.54, 1.807) is 4.90 Å². The second-order valence-corrected chi connectivity index (χ2v) is 7.89. The molecule has 27 heavy (non-hydrogen) atoms. The summed E-state index contributed by atoms with van der Waals surface area (Å²) < 4.78 is 5.37. The molecule has 0 aliphatic carbocycles. The molecule has 2 aromatic rings. The van der Waals surface area contributed by atoms with Gasteiger partial charge >= 0.3 is 0 Å². The van der Waals surface area contributed by atoms with E-state index in [9.17, 15) is 9.59 Å². The van der Waals surface area contributed by atoms with Crippen LogP contribution in [-0.2, 0) is 4.79 Å². The Morgan fingerprint density at radius 1 is 1.19 bits per heavy atom. The van der Waals surface area contributed by atoms with Crippen molar-refractivity contribution in [2.24, 2.45) is 5.41 Å². The molecule has 4 rings (SSSR count). The monoisotopic (exact) mass is 367 g/mol. The molecule has 1 aromatic heterocycles.